The Morgan fingerprint density at radius 1 is 0.781 bits per heavy atom. The van der Waals surface area contributed by atoms with Crippen LogP contribution in [0.15, 0.2) is 36.4 Å². The van der Waals surface area contributed by atoms with Crippen molar-refractivity contribution in [3.8, 4) is 11.5 Å². The van der Waals surface area contributed by atoms with Crippen LogP contribution in [0.2, 0.25) is 0 Å². The van der Waals surface area contributed by atoms with E-state index >= 15 is 0 Å². The number of allylic oxidation sites excluding steroid dienone is 2. The summed E-state index contributed by atoms with van der Waals surface area (Å²) in [4.78, 5) is 2.30. The molecule has 0 aliphatic heterocycles. The van der Waals surface area contributed by atoms with Crippen molar-refractivity contribution in [3.63, 3.8) is 0 Å². The number of nitrogens with two attached hydrogens (primary N) is 1. The predicted molar refractivity (Wildman–Crippen MR) is 137 cm³/mol. The average Bonchev–Trinajstić information content (AvgIpc) is 2.82. The lowest BCUT2D eigenvalue weighted by molar-refractivity contribution is 0.291. The van der Waals surface area contributed by atoms with Gasteiger partial charge in [0.25, 0.3) is 0 Å². The predicted octanol–water partition coefficient (Wildman–Crippen LogP) is 6.64. The van der Waals surface area contributed by atoms with E-state index in [0.717, 1.165) is 67.6 Å². The second kappa shape index (κ2) is 11.5. The van der Waals surface area contributed by atoms with E-state index in [-0.39, 0.29) is 5.75 Å². The van der Waals surface area contributed by atoms with Crippen molar-refractivity contribution < 1.29 is 10.2 Å². The molecular weight excluding hydrogens is 396 g/mol. The van der Waals surface area contributed by atoms with E-state index in [4.69, 9.17) is 5.73 Å². The third-order valence-corrected chi connectivity index (χ3v) is 6.93. The monoisotopic (exact) mass is 438 g/mol. The molecule has 176 valence electrons. The highest BCUT2D eigenvalue weighted by molar-refractivity contribution is 5.91. The Kier molecular flexibility index (Phi) is 9.35. The number of phenols is 2. The molecule has 0 unspecified atom stereocenters. The lowest BCUT2D eigenvalue weighted by Crippen LogP contribution is -2.35. The van der Waals surface area contributed by atoms with Crippen LogP contribution in [-0.2, 0) is 12.1 Å². The van der Waals surface area contributed by atoms with Crippen LogP contribution >= 0.6 is 0 Å². The van der Waals surface area contributed by atoms with Gasteiger partial charge in [0, 0.05) is 23.2 Å². The first-order valence-corrected chi connectivity index (χ1v) is 12.2. The number of rotatable bonds is 11. The normalized spacial score (nSPS) is 12.9. The van der Waals surface area contributed by atoms with Crippen molar-refractivity contribution >= 4 is 11.1 Å². The zero-order valence-corrected chi connectivity index (χ0v) is 20.8. The van der Waals surface area contributed by atoms with Gasteiger partial charge in [-0.25, -0.2) is 0 Å². The molecule has 0 aromatic heterocycles. The molecule has 0 aliphatic carbocycles. The van der Waals surface area contributed by atoms with Gasteiger partial charge in [-0.2, -0.15) is 0 Å². The highest BCUT2D eigenvalue weighted by atomic mass is 16.3. The summed E-state index contributed by atoms with van der Waals surface area (Å²) in [5.74, 6) is 0.611. The Morgan fingerprint density at radius 3 is 1.75 bits per heavy atom. The average molecular weight is 439 g/mol. The number of hydrogen-bond donors (Lipinski definition) is 3. The molecule has 4 nitrogen and oxygen atoms in total. The van der Waals surface area contributed by atoms with Gasteiger partial charge in [-0.05, 0) is 85.3 Å². The van der Waals surface area contributed by atoms with E-state index in [1.807, 2.05) is 18.2 Å². The number of hydrogen-bond acceptors (Lipinski definition) is 4. The van der Waals surface area contributed by atoms with E-state index < -0.39 is 5.54 Å². The summed E-state index contributed by atoms with van der Waals surface area (Å²) in [5, 5.41) is 21.0. The van der Waals surface area contributed by atoms with Crippen LogP contribution in [0.1, 0.15) is 89.5 Å². The van der Waals surface area contributed by atoms with Crippen LogP contribution in [0, 0.1) is 0 Å². The molecule has 32 heavy (non-hydrogen) atoms. The molecule has 2 aromatic carbocycles. The van der Waals surface area contributed by atoms with E-state index in [2.05, 4.69) is 58.6 Å². The van der Waals surface area contributed by atoms with Gasteiger partial charge in [0.15, 0.2) is 0 Å². The van der Waals surface area contributed by atoms with Crippen LogP contribution < -0.4 is 5.73 Å². The second-order valence-electron chi connectivity index (χ2n) is 8.56. The summed E-state index contributed by atoms with van der Waals surface area (Å²) < 4.78 is 0. The third kappa shape index (κ3) is 5.54. The zero-order valence-electron chi connectivity index (χ0n) is 20.8. The quantitative estimate of drug-likeness (QED) is 0.344. The Bertz CT molecular complexity index is 925. The van der Waals surface area contributed by atoms with Gasteiger partial charge in [0.1, 0.15) is 11.5 Å². The zero-order chi connectivity index (χ0) is 23.9. The van der Waals surface area contributed by atoms with Crippen LogP contribution in [0.25, 0.3) is 11.1 Å². The Hall–Kier alpha value is -2.30. The minimum absolute atomic E-state index is 0.264. The fourth-order valence-corrected chi connectivity index (χ4v) is 4.52. The third-order valence-electron chi connectivity index (χ3n) is 6.93. The van der Waals surface area contributed by atoms with Crippen molar-refractivity contribution in [3.05, 3.63) is 58.7 Å². The SMILES string of the molecule is CC/C(=C(/CC)c1ccc(O)c(C(N)(CC)CC)c1)c1ccc(O)c(CN(CC)CC)c1. The molecule has 0 amide bonds. The van der Waals surface area contributed by atoms with E-state index in [1.54, 1.807) is 6.07 Å². The van der Waals surface area contributed by atoms with Gasteiger partial charge in [0.05, 0.1) is 0 Å². The molecule has 0 saturated heterocycles. The maximum absolute atomic E-state index is 10.6. The van der Waals surface area contributed by atoms with Crippen LogP contribution in [0.3, 0.4) is 0 Å². The highest BCUT2D eigenvalue weighted by Gasteiger charge is 2.27. The van der Waals surface area contributed by atoms with Crippen molar-refractivity contribution in [1.29, 1.82) is 0 Å². The molecule has 0 spiro atoms. The summed E-state index contributed by atoms with van der Waals surface area (Å²) in [7, 11) is 0. The Balaban J connectivity index is 2.63. The minimum atomic E-state index is -0.541. The number of phenolic OH excluding ortho intramolecular Hbond substituents is 2. The fourth-order valence-electron chi connectivity index (χ4n) is 4.52. The molecule has 0 atom stereocenters. The first kappa shape index (κ1) is 26.0. The molecule has 4 heteroatoms. The fraction of sp³-hybridized carbons (Fsp3) is 0.500. The standard InChI is InChI=1S/C28H42N2O2/c1-7-23(20-13-15-26(31)22(17-20)19-30(11-5)12-6)24(8-2)21-14-16-27(32)25(18-21)28(29,9-3)10-4/h13-18,31-32H,7-12,19,29H2,1-6H3/b24-23+. The summed E-state index contributed by atoms with van der Waals surface area (Å²) in [6.45, 7) is 15.4. The van der Waals surface area contributed by atoms with Crippen molar-refractivity contribution in [2.45, 2.75) is 79.3 Å². The summed E-state index contributed by atoms with van der Waals surface area (Å²) in [6.07, 6.45) is 3.28. The number of benzene rings is 2. The molecule has 0 fully saturated rings. The van der Waals surface area contributed by atoms with Crippen LogP contribution in [0.5, 0.6) is 11.5 Å². The van der Waals surface area contributed by atoms with Crippen LogP contribution in [0.4, 0.5) is 0 Å². The molecule has 2 aromatic rings. The molecule has 0 radical (unpaired) electrons. The van der Waals surface area contributed by atoms with E-state index in [0.29, 0.717) is 5.75 Å². The smallest absolute Gasteiger partial charge is 0.120 e. The van der Waals surface area contributed by atoms with Gasteiger partial charge >= 0.3 is 0 Å². The van der Waals surface area contributed by atoms with Crippen molar-refractivity contribution in [2.24, 2.45) is 5.73 Å². The Morgan fingerprint density at radius 2 is 1.28 bits per heavy atom. The second-order valence-corrected chi connectivity index (χ2v) is 8.56. The molecule has 2 rings (SSSR count). The molecule has 0 bridgehead atoms. The lowest BCUT2D eigenvalue weighted by Gasteiger charge is -2.29. The van der Waals surface area contributed by atoms with Crippen molar-refractivity contribution in [1.82, 2.24) is 4.90 Å². The van der Waals surface area contributed by atoms with Gasteiger partial charge in [-0.1, -0.05) is 53.7 Å². The highest BCUT2D eigenvalue weighted by Crippen LogP contribution is 2.38. The van der Waals surface area contributed by atoms with Crippen LogP contribution in [-0.4, -0.2) is 28.2 Å². The Labute approximate surface area is 194 Å². The van der Waals surface area contributed by atoms with E-state index in [9.17, 15) is 10.2 Å². The first-order valence-electron chi connectivity index (χ1n) is 12.2. The maximum Gasteiger partial charge on any atom is 0.120 e. The molecule has 4 N–H and O–H groups in total. The van der Waals surface area contributed by atoms with Crippen molar-refractivity contribution in [2.75, 3.05) is 13.1 Å². The summed E-state index contributed by atoms with van der Waals surface area (Å²) in [6, 6.07) is 11.8. The van der Waals surface area contributed by atoms with Gasteiger partial charge in [-0.15, -0.1) is 0 Å². The lowest BCUT2D eigenvalue weighted by atomic mass is 9.82. The first-order chi connectivity index (χ1) is 15.3. The minimum Gasteiger partial charge on any atom is -0.508 e. The van der Waals surface area contributed by atoms with Gasteiger partial charge in [-0.3, -0.25) is 4.90 Å². The maximum atomic E-state index is 10.6. The number of nitrogens with zero attached hydrogens (tertiary/aromatic N) is 1. The van der Waals surface area contributed by atoms with Gasteiger partial charge < -0.3 is 15.9 Å². The molecule has 0 heterocycles. The summed E-state index contributed by atoms with van der Waals surface area (Å²) >= 11 is 0. The molecule has 0 aliphatic rings. The topological polar surface area (TPSA) is 69.7 Å². The molecule has 0 saturated carbocycles. The van der Waals surface area contributed by atoms with E-state index in [1.165, 1.54) is 11.1 Å². The van der Waals surface area contributed by atoms with Gasteiger partial charge in [0.2, 0.25) is 0 Å². The number of aromatic hydroxyl groups is 2. The largest absolute Gasteiger partial charge is 0.508 e. The molecular formula is C28H42N2O2. The summed E-state index contributed by atoms with van der Waals surface area (Å²) in [5.41, 5.74) is 12.6.